The van der Waals surface area contributed by atoms with Gasteiger partial charge < -0.3 is 5.73 Å². The number of fused-ring (bicyclic) bond motifs is 1. The smallest absolute Gasteiger partial charge is 0.0705 e. The van der Waals surface area contributed by atoms with Crippen LogP contribution in [-0.2, 0) is 6.42 Å². The highest BCUT2D eigenvalue weighted by Crippen LogP contribution is 2.24. The number of nitrogens with zero attached hydrogens (tertiary/aromatic N) is 1. The standard InChI is InChI=1S/C19H20N2/c1-14-5-2-6-15(13-14)10-11-18(20)16-7-3-9-19-17(16)8-4-12-21-19/h2-9,12-13,18H,10-11,20H2,1H3. The molecule has 0 aliphatic heterocycles. The number of aromatic nitrogens is 1. The molecule has 0 saturated carbocycles. The first-order chi connectivity index (χ1) is 10.2. The minimum absolute atomic E-state index is 0.0402. The highest BCUT2D eigenvalue weighted by molar-refractivity contribution is 5.82. The Labute approximate surface area is 125 Å². The van der Waals surface area contributed by atoms with Gasteiger partial charge in [-0.1, -0.05) is 48.0 Å². The Hall–Kier alpha value is -2.19. The molecule has 0 radical (unpaired) electrons. The number of nitrogens with two attached hydrogens (primary N) is 1. The molecule has 1 atom stereocenters. The number of pyridine rings is 1. The van der Waals surface area contributed by atoms with Gasteiger partial charge in [-0.25, -0.2) is 0 Å². The van der Waals surface area contributed by atoms with E-state index in [0.29, 0.717) is 0 Å². The van der Waals surface area contributed by atoms with Gasteiger partial charge in [-0.2, -0.15) is 0 Å². The van der Waals surface area contributed by atoms with E-state index < -0.39 is 0 Å². The molecule has 3 aromatic rings. The highest BCUT2D eigenvalue weighted by atomic mass is 14.7. The summed E-state index contributed by atoms with van der Waals surface area (Å²) in [7, 11) is 0. The number of benzene rings is 2. The van der Waals surface area contributed by atoms with Crippen LogP contribution in [0, 0.1) is 6.92 Å². The predicted octanol–water partition coefficient (Wildman–Crippen LogP) is 4.18. The summed E-state index contributed by atoms with van der Waals surface area (Å²) in [5.41, 5.74) is 11.3. The lowest BCUT2D eigenvalue weighted by Crippen LogP contribution is -2.12. The van der Waals surface area contributed by atoms with Crippen LogP contribution in [0.15, 0.2) is 60.8 Å². The molecule has 0 aliphatic rings. The number of hydrogen-bond donors (Lipinski definition) is 1. The van der Waals surface area contributed by atoms with E-state index in [1.165, 1.54) is 16.7 Å². The highest BCUT2D eigenvalue weighted by Gasteiger charge is 2.10. The zero-order valence-electron chi connectivity index (χ0n) is 12.3. The van der Waals surface area contributed by atoms with Crippen molar-refractivity contribution >= 4 is 10.9 Å². The lowest BCUT2D eigenvalue weighted by Gasteiger charge is -2.14. The van der Waals surface area contributed by atoms with Gasteiger partial charge in [-0.05, 0) is 43.0 Å². The summed E-state index contributed by atoms with van der Waals surface area (Å²) < 4.78 is 0. The Morgan fingerprint density at radius 3 is 2.76 bits per heavy atom. The number of hydrogen-bond acceptors (Lipinski definition) is 2. The van der Waals surface area contributed by atoms with Gasteiger partial charge in [0.15, 0.2) is 0 Å². The van der Waals surface area contributed by atoms with Crippen molar-refractivity contribution in [2.75, 3.05) is 0 Å². The minimum Gasteiger partial charge on any atom is -0.324 e. The van der Waals surface area contributed by atoms with E-state index in [4.69, 9.17) is 5.73 Å². The van der Waals surface area contributed by atoms with E-state index in [-0.39, 0.29) is 6.04 Å². The molecule has 1 unspecified atom stereocenters. The fourth-order valence-electron chi connectivity index (χ4n) is 2.80. The van der Waals surface area contributed by atoms with Crippen LogP contribution in [0.25, 0.3) is 10.9 Å². The Morgan fingerprint density at radius 2 is 1.90 bits per heavy atom. The van der Waals surface area contributed by atoms with Crippen LogP contribution < -0.4 is 5.73 Å². The first kappa shape index (κ1) is 13.8. The Morgan fingerprint density at radius 1 is 1.05 bits per heavy atom. The second kappa shape index (κ2) is 6.06. The van der Waals surface area contributed by atoms with Crippen molar-refractivity contribution in [3.63, 3.8) is 0 Å². The summed E-state index contributed by atoms with van der Waals surface area (Å²) in [5, 5.41) is 1.16. The predicted molar refractivity (Wildman–Crippen MR) is 88.2 cm³/mol. The third-order valence-electron chi connectivity index (χ3n) is 3.91. The molecule has 3 rings (SSSR count). The fraction of sp³-hybridized carbons (Fsp3) is 0.211. The molecule has 0 fully saturated rings. The zero-order chi connectivity index (χ0) is 14.7. The summed E-state index contributed by atoms with van der Waals surface area (Å²) >= 11 is 0. The van der Waals surface area contributed by atoms with Crippen LogP contribution in [0.5, 0.6) is 0 Å². The average Bonchev–Trinajstić information content (AvgIpc) is 2.52. The summed E-state index contributed by atoms with van der Waals surface area (Å²) in [5.74, 6) is 0. The van der Waals surface area contributed by atoms with E-state index in [1.54, 1.807) is 0 Å². The third kappa shape index (κ3) is 3.11. The quantitative estimate of drug-likeness (QED) is 0.776. The van der Waals surface area contributed by atoms with Crippen molar-refractivity contribution < 1.29 is 0 Å². The second-order valence-electron chi connectivity index (χ2n) is 5.55. The van der Waals surface area contributed by atoms with Crippen molar-refractivity contribution in [1.29, 1.82) is 0 Å². The van der Waals surface area contributed by atoms with Crippen LogP contribution in [-0.4, -0.2) is 4.98 Å². The topological polar surface area (TPSA) is 38.9 Å². The molecule has 0 amide bonds. The molecule has 2 N–H and O–H groups in total. The van der Waals surface area contributed by atoms with Crippen molar-refractivity contribution in [3.8, 4) is 0 Å². The SMILES string of the molecule is Cc1cccc(CCC(N)c2cccc3ncccc23)c1. The van der Waals surface area contributed by atoms with E-state index in [9.17, 15) is 0 Å². The van der Waals surface area contributed by atoms with E-state index in [1.807, 2.05) is 24.4 Å². The van der Waals surface area contributed by atoms with Crippen molar-refractivity contribution in [3.05, 3.63) is 77.5 Å². The monoisotopic (exact) mass is 276 g/mol. The van der Waals surface area contributed by atoms with Crippen LogP contribution in [0.3, 0.4) is 0 Å². The van der Waals surface area contributed by atoms with Crippen molar-refractivity contribution in [2.45, 2.75) is 25.8 Å². The summed E-state index contributed by atoms with van der Waals surface area (Å²) in [6, 6.07) is 18.9. The molecule has 21 heavy (non-hydrogen) atoms. The van der Waals surface area contributed by atoms with Gasteiger partial charge in [-0.3, -0.25) is 4.98 Å². The molecule has 0 saturated heterocycles. The normalized spacial score (nSPS) is 12.5. The van der Waals surface area contributed by atoms with Gasteiger partial charge in [-0.15, -0.1) is 0 Å². The maximum absolute atomic E-state index is 6.42. The lowest BCUT2D eigenvalue weighted by atomic mass is 9.96. The Bertz CT molecular complexity index is 744. The van der Waals surface area contributed by atoms with Crippen LogP contribution >= 0.6 is 0 Å². The van der Waals surface area contributed by atoms with Gasteiger partial charge in [0.1, 0.15) is 0 Å². The van der Waals surface area contributed by atoms with Gasteiger partial charge >= 0.3 is 0 Å². The summed E-state index contributed by atoms with van der Waals surface area (Å²) in [6.45, 7) is 2.12. The molecule has 0 aliphatic carbocycles. The molecular formula is C19H20N2. The maximum atomic E-state index is 6.42. The largest absolute Gasteiger partial charge is 0.324 e. The third-order valence-corrected chi connectivity index (χ3v) is 3.91. The minimum atomic E-state index is 0.0402. The fourth-order valence-corrected chi connectivity index (χ4v) is 2.80. The second-order valence-corrected chi connectivity index (χ2v) is 5.55. The number of aryl methyl sites for hydroxylation is 2. The Balaban J connectivity index is 1.79. The van der Waals surface area contributed by atoms with E-state index in [2.05, 4.69) is 48.3 Å². The molecule has 2 aromatic carbocycles. The van der Waals surface area contributed by atoms with Crippen molar-refractivity contribution in [2.24, 2.45) is 5.73 Å². The van der Waals surface area contributed by atoms with E-state index >= 15 is 0 Å². The zero-order valence-corrected chi connectivity index (χ0v) is 12.3. The summed E-state index contributed by atoms with van der Waals surface area (Å²) in [6.07, 6.45) is 3.77. The average molecular weight is 276 g/mol. The van der Waals surface area contributed by atoms with Crippen molar-refractivity contribution in [1.82, 2.24) is 4.98 Å². The molecule has 2 heteroatoms. The Kier molecular flexibility index (Phi) is 3.98. The first-order valence-corrected chi connectivity index (χ1v) is 7.39. The van der Waals surface area contributed by atoms with Gasteiger partial charge in [0.2, 0.25) is 0 Å². The molecule has 0 spiro atoms. The first-order valence-electron chi connectivity index (χ1n) is 7.39. The molecule has 1 aromatic heterocycles. The number of rotatable bonds is 4. The van der Waals surface area contributed by atoms with Gasteiger partial charge in [0.05, 0.1) is 5.52 Å². The molecule has 2 nitrogen and oxygen atoms in total. The van der Waals surface area contributed by atoms with Gasteiger partial charge in [0.25, 0.3) is 0 Å². The molecular weight excluding hydrogens is 256 g/mol. The maximum Gasteiger partial charge on any atom is 0.0705 e. The van der Waals surface area contributed by atoms with Gasteiger partial charge in [0, 0.05) is 17.6 Å². The summed E-state index contributed by atoms with van der Waals surface area (Å²) in [4.78, 5) is 4.40. The van der Waals surface area contributed by atoms with E-state index in [0.717, 1.165) is 23.7 Å². The molecule has 0 bridgehead atoms. The van der Waals surface area contributed by atoms with Crippen LogP contribution in [0.2, 0.25) is 0 Å². The molecule has 1 heterocycles. The van der Waals surface area contributed by atoms with Crippen LogP contribution in [0.1, 0.15) is 29.2 Å². The lowest BCUT2D eigenvalue weighted by molar-refractivity contribution is 0.655. The van der Waals surface area contributed by atoms with Crippen LogP contribution in [0.4, 0.5) is 0 Å². The molecule has 106 valence electrons.